The molecule has 0 fully saturated rings. The number of methoxy groups -OCH3 is 1. The van der Waals surface area contributed by atoms with Gasteiger partial charge in [0, 0.05) is 12.8 Å². The molecule has 164 valence electrons. The molecule has 0 aromatic heterocycles. The van der Waals surface area contributed by atoms with Crippen LogP contribution in [-0.2, 0) is 13.0 Å². The van der Waals surface area contributed by atoms with Crippen molar-refractivity contribution in [3.8, 4) is 23.0 Å². The van der Waals surface area contributed by atoms with Gasteiger partial charge in [-0.1, -0.05) is 42.5 Å². The zero-order chi connectivity index (χ0) is 22.2. The zero-order valence-electron chi connectivity index (χ0n) is 18.4. The molecule has 0 saturated carbocycles. The van der Waals surface area contributed by atoms with E-state index in [0.717, 1.165) is 51.7 Å². The van der Waals surface area contributed by atoms with E-state index in [-0.39, 0.29) is 6.79 Å². The highest BCUT2D eigenvalue weighted by molar-refractivity contribution is 5.79. The minimum Gasteiger partial charge on any atom is -0.493 e. The summed E-state index contributed by atoms with van der Waals surface area (Å²) in [6, 6.07) is 20.1. The van der Waals surface area contributed by atoms with Gasteiger partial charge in [-0.2, -0.15) is 0 Å². The van der Waals surface area contributed by atoms with Crippen molar-refractivity contribution >= 4 is 12.3 Å². The van der Waals surface area contributed by atoms with Gasteiger partial charge >= 0.3 is 0 Å². The summed E-state index contributed by atoms with van der Waals surface area (Å²) >= 11 is 0. The van der Waals surface area contributed by atoms with Crippen LogP contribution in [0.2, 0.25) is 0 Å². The molecule has 0 N–H and O–H groups in total. The summed E-state index contributed by atoms with van der Waals surface area (Å²) in [6.07, 6.45) is 6.64. The van der Waals surface area contributed by atoms with Gasteiger partial charge in [-0.25, -0.2) is 0 Å². The van der Waals surface area contributed by atoms with Crippen molar-refractivity contribution in [1.29, 1.82) is 0 Å². The van der Waals surface area contributed by atoms with Crippen molar-refractivity contribution in [3.63, 3.8) is 0 Å². The summed E-state index contributed by atoms with van der Waals surface area (Å²) in [7, 11) is 1.66. The van der Waals surface area contributed by atoms with Gasteiger partial charge in [0.25, 0.3) is 0 Å². The average Bonchev–Trinajstić information content (AvgIpc) is 3.27. The maximum absolute atomic E-state index is 6.00. The number of aliphatic imine (C=N–C) groups is 1. The molecule has 0 saturated heterocycles. The van der Waals surface area contributed by atoms with E-state index in [1.807, 2.05) is 73.0 Å². The normalized spacial score (nSPS) is 12.6. The lowest BCUT2D eigenvalue weighted by Gasteiger charge is -2.12. The van der Waals surface area contributed by atoms with Gasteiger partial charge < -0.3 is 18.9 Å². The summed E-state index contributed by atoms with van der Waals surface area (Å²) in [5.74, 6) is 3.07. The second-order valence-electron chi connectivity index (χ2n) is 7.49. The van der Waals surface area contributed by atoms with E-state index in [1.54, 1.807) is 7.11 Å². The van der Waals surface area contributed by atoms with Crippen molar-refractivity contribution in [3.05, 3.63) is 89.0 Å². The Hall–Kier alpha value is -3.73. The number of benzene rings is 3. The smallest absolute Gasteiger partial charge is 0.231 e. The average molecular weight is 430 g/mol. The number of hydrogen-bond donors (Lipinski definition) is 0. The van der Waals surface area contributed by atoms with Crippen LogP contribution in [-0.4, -0.2) is 26.7 Å². The molecule has 5 nitrogen and oxygen atoms in total. The minimum absolute atomic E-state index is 0.285. The Bertz CT molecular complexity index is 1110. The molecule has 3 aromatic carbocycles. The van der Waals surface area contributed by atoms with Crippen LogP contribution in [0.25, 0.3) is 6.08 Å². The number of rotatable bonds is 9. The Morgan fingerprint density at radius 2 is 1.75 bits per heavy atom. The monoisotopic (exact) mass is 429 g/mol. The predicted octanol–water partition coefficient (Wildman–Crippen LogP) is 5.64. The molecule has 0 unspecified atom stereocenters. The van der Waals surface area contributed by atoms with Crippen molar-refractivity contribution < 1.29 is 18.9 Å². The fourth-order valence-corrected chi connectivity index (χ4v) is 3.44. The summed E-state index contributed by atoms with van der Waals surface area (Å²) in [5.41, 5.74) is 4.51. The maximum atomic E-state index is 6.00. The fraction of sp³-hybridized carbons (Fsp3) is 0.222. The maximum Gasteiger partial charge on any atom is 0.231 e. The lowest BCUT2D eigenvalue weighted by molar-refractivity contribution is 0.174. The summed E-state index contributed by atoms with van der Waals surface area (Å²) in [6.45, 7) is 3.53. The van der Waals surface area contributed by atoms with Gasteiger partial charge in [0.2, 0.25) is 6.79 Å². The Morgan fingerprint density at radius 1 is 0.938 bits per heavy atom. The molecule has 1 heterocycles. The molecular weight excluding hydrogens is 402 g/mol. The number of nitrogens with zero attached hydrogens (tertiary/aromatic N) is 1. The van der Waals surface area contributed by atoms with E-state index >= 15 is 0 Å². The molecule has 5 heteroatoms. The number of ether oxygens (including phenoxy) is 4. The Balaban J connectivity index is 1.31. The van der Waals surface area contributed by atoms with E-state index in [0.29, 0.717) is 13.2 Å². The lowest BCUT2D eigenvalue weighted by atomic mass is 10.1. The minimum atomic E-state index is 0.285. The summed E-state index contributed by atoms with van der Waals surface area (Å²) < 4.78 is 22.3. The highest BCUT2D eigenvalue weighted by atomic mass is 16.7. The van der Waals surface area contributed by atoms with Crippen molar-refractivity contribution in [2.24, 2.45) is 4.99 Å². The molecule has 4 rings (SSSR count). The van der Waals surface area contributed by atoms with Gasteiger partial charge in [0.05, 0.1) is 7.11 Å². The number of allylic oxidation sites excluding steroid dienone is 1. The van der Waals surface area contributed by atoms with Crippen LogP contribution in [0.4, 0.5) is 0 Å². The Labute approximate surface area is 188 Å². The Kier molecular flexibility index (Phi) is 7.08. The van der Waals surface area contributed by atoms with Gasteiger partial charge in [0.15, 0.2) is 23.0 Å². The van der Waals surface area contributed by atoms with Crippen LogP contribution >= 0.6 is 0 Å². The second-order valence-corrected chi connectivity index (χ2v) is 7.49. The molecule has 0 spiro atoms. The molecule has 32 heavy (non-hydrogen) atoms. The Morgan fingerprint density at radius 3 is 2.56 bits per heavy atom. The van der Waals surface area contributed by atoms with Gasteiger partial charge in [-0.05, 0) is 65.9 Å². The quantitative estimate of drug-likeness (QED) is 0.413. The van der Waals surface area contributed by atoms with Crippen molar-refractivity contribution in [2.45, 2.75) is 20.0 Å². The first-order valence-electron chi connectivity index (χ1n) is 10.6. The second kappa shape index (κ2) is 10.5. The first-order chi connectivity index (χ1) is 15.7. The molecule has 1 aliphatic heterocycles. The largest absolute Gasteiger partial charge is 0.493 e. The summed E-state index contributed by atoms with van der Waals surface area (Å²) in [5, 5.41) is 0. The van der Waals surface area contributed by atoms with Crippen LogP contribution < -0.4 is 18.9 Å². The number of aryl methyl sites for hydroxylation is 1. The van der Waals surface area contributed by atoms with Gasteiger partial charge in [0.1, 0.15) is 6.61 Å². The topological polar surface area (TPSA) is 49.3 Å². The van der Waals surface area contributed by atoms with Gasteiger partial charge in [-0.3, -0.25) is 4.99 Å². The van der Waals surface area contributed by atoms with Crippen LogP contribution in [0.3, 0.4) is 0 Å². The molecule has 0 radical (unpaired) electrons. The van der Waals surface area contributed by atoms with E-state index in [9.17, 15) is 0 Å². The first-order valence-corrected chi connectivity index (χ1v) is 10.6. The molecule has 0 aliphatic carbocycles. The summed E-state index contributed by atoms with van der Waals surface area (Å²) in [4.78, 5) is 4.51. The number of fused-ring (bicyclic) bond motifs is 1. The zero-order valence-corrected chi connectivity index (χ0v) is 18.4. The van der Waals surface area contributed by atoms with E-state index in [1.165, 1.54) is 0 Å². The molecule has 0 bridgehead atoms. The standard InChI is InChI=1S/C27H27NO4/c1-20-15-25-27(32-19-31-25)17-23(20)9-6-13-28-14-12-21-10-11-24(29-2)26(16-21)30-18-22-7-4-3-5-8-22/h3-11,13,15-17H,12,14,18-19H2,1-2H3/b9-6+,28-13?. The SMILES string of the molecule is COc1ccc(CCN=C/C=C/c2cc3c(cc2C)OCO3)cc1OCc1ccccc1. The predicted molar refractivity (Wildman–Crippen MR) is 127 cm³/mol. The highest BCUT2D eigenvalue weighted by Gasteiger charge is 2.14. The molecule has 3 aromatic rings. The van der Waals surface area contributed by atoms with E-state index in [2.05, 4.69) is 18.0 Å². The molecule has 0 amide bonds. The van der Waals surface area contributed by atoms with Crippen molar-refractivity contribution in [1.82, 2.24) is 0 Å². The third-order valence-corrected chi connectivity index (χ3v) is 5.22. The first kappa shape index (κ1) is 21.5. The highest BCUT2D eigenvalue weighted by Crippen LogP contribution is 2.35. The van der Waals surface area contributed by atoms with Gasteiger partial charge in [-0.15, -0.1) is 0 Å². The third kappa shape index (κ3) is 5.49. The number of hydrogen-bond acceptors (Lipinski definition) is 5. The fourth-order valence-electron chi connectivity index (χ4n) is 3.44. The molecular formula is C27H27NO4. The van der Waals surface area contributed by atoms with E-state index < -0.39 is 0 Å². The third-order valence-electron chi connectivity index (χ3n) is 5.22. The molecule has 0 atom stereocenters. The van der Waals surface area contributed by atoms with Crippen LogP contribution in [0.15, 0.2) is 71.7 Å². The van der Waals surface area contributed by atoms with Crippen molar-refractivity contribution in [2.75, 3.05) is 20.4 Å². The van der Waals surface area contributed by atoms with E-state index in [4.69, 9.17) is 18.9 Å². The molecule has 1 aliphatic rings. The lowest BCUT2D eigenvalue weighted by Crippen LogP contribution is -1.99. The van der Waals surface area contributed by atoms with Crippen LogP contribution in [0, 0.1) is 6.92 Å². The van der Waals surface area contributed by atoms with Crippen LogP contribution in [0.5, 0.6) is 23.0 Å². The van der Waals surface area contributed by atoms with Crippen LogP contribution in [0.1, 0.15) is 22.3 Å².